The number of aromatic amines is 1. The maximum absolute atomic E-state index is 12.2. The van der Waals surface area contributed by atoms with Gasteiger partial charge in [-0.05, 0) is 37.3 Å². The number of benzene rings is 2. The van der Waals surface area contributed by atoms with E-state index in [1.54, 1.807) is 7.11 Å². The van der Waals surface area contributed by atoms with Crippen LogP contribution in [0.2, 0.25) is 0 Å². The van der Waals surface area contributed by atoms with Gasteiger partial charge in [0.05, 0.1) is 7.11 Å². The molecule has 0 fully saturated rings. The highest BCUT2D eigenvalue weighted by Crippen LogP contribution is 2.21. The van der Waals surface area contributed by atoms with E-state index in [9.17, 15) is 4.79 Å². The molecule has 4 heteroatoms. The zero-order valence-electron chi connectivity index (χ0n) is 11.9. The van der Waals surface area contributed by atoms with Crippen molar-refractivity contribution < 1.29 is 9.53 Å². The highest BCUT2D eigenvalue weighted by atomic mass is 16.5. The van der Waals surface area contributed by atoms with Crippen molar-refractivity contribution in [3.8, 4) is 5.75 Å². The number of ether oxygens (including phenoxy) is 1. The smallest absolute Gasteiger partial charge is 0.272 e. The summed E-state index contributed by atoms with van der Waals surface area (Å²) in [7, 11) is 1.62. The molecule has 0 unspecified atom stereocenters. The number of aromatic nitrogens is 1. The second-order valence-corrected chi connectivity index (χ2v) is 4.96. The first kappa shape index (κ1) is 13.2. The Balaban J connectivity index is 1.85. The lowest BCUT2D eigenvalue weighted by Crippen LogP contribution is -2.12. The average Bonchev–Trinajstić information content (AvgIpc) is 2.92. The minimum Gasteiger partial charge on any atom is -0.497 e. The topological polar surface area (TPSA) is 54.1 Å². The predicted molar refractivity (Wildman–Crippen MR) is 84.0 cm³/mol. The molecule has 2 aromatic carbocycles. The first-order valence-electron chi connectivity index (χ1n) is 6.70. The quantitative estimate of drug-likeness (QED) is 0.768. The Morgan fingerprint density at radius 2 is 1.86 bits per heavy atom. The summed E-state index contributed by atoms with van der Waals surface area (Å²) in [5, 5.41) is 3.85. The van der Waals surface area contributed by atoms with E-state index in [1.807, 2.05) is 55.5 Å². The van der Waals surface area contributed by atoms with Crippen molar-refractivity contribution >= 4 is 22.5 Å². The van der Waals surface area contributed by atoms with E-state index in [4.69, 9.17) is 4.74 Å². The third-order valence-electron chi connectivity index (χ3n) is 3.38. The van der Waals surface area contributed by atoms with E-state index in [-0.39, 0.29) is 5.91 Å². The number of fused-ring (bicyclic) bond motifs is 1. The summed E-state index contributed by atoms with van der Waals surface area (Å²) in [6.07, 6.45) is 0. The van der Waals surface area contributed by atoms with Gasteiger partial charge < -0.3 is 15.0 Å². The number of methoxy groups -OCH3 is 1. The van der Waals surface area contributed by atoms with Gasteiger partial charge in [-0.15, -0.1) is 0 Å². The lowest BCUT2D eigenvalue weighted by molar-refractivity contribution is 0.102. The maximum atomic E-state index is 12.2. The highest BCUT2D eigenvalue weighted by Gasteiger charge is 2.10. The molecule has 1 amide bonds. The predicted octanol–water partition coefficient (Wildman–Crippen LogP) is 3.74. The highest BCUT2D eigenvalue weighted by molar-refractivity contribution is 6.06. The number of anilines is 1. The van der Waals surface area contributed by atoms with E-state index in [2.05, 4.69) is 10.3 Å². The normalized spacial score (nSPS) is 10.6. The van der Waals surface area contributed by atoms with Crippen molar-refractivity contribution in [2.24, 2.45) is 0 Å². The molecular weight excluding hydrogens is 264 g/mol. The minimum absolute atomic E-state index is 0.158. The molecule has 3 rings (SSSR count). The van der Waals surface area contributed by atoms with Crippen LogP contribution in [-0.2, 0) is 0 Å². The van der Waals surface area contributed by atoms with E-state index < -0.39 is 0 Å². The first-order chi connectivity index (χ1) is 10.2. The van der Waals surface area contributed by atoms with Crippen LogP contribution < -0.4 is 10.1 Å². The van der Waals surface area contributed by atoms with E-state index in [0.717, 1.165) is 27.9 Å². The molecule has 106 valence electrons. The molecule has 2 N–H and O–H groups in total. The number of nitrogens with one attached hydrogen (secondary N) is 2. The van der Waals surface area contributed by atoms with Crippen LogP contribution in [0.5, 0.6) is 5.75 Å². The van der Waals surface area contributed by atoms with Gasteiger partial charge >= 0.3 is 0 Å². The van der Waals surface area contributed by atoms with Crippen molar-refractivity contribution in [3.63, 3.8) is 0 Å². The van der Waals surface area contributed by atoms with Crippen LogP contribution in [0.25, 0.3) is 10.9 Å². The van der Waals surface area contributed by atoms with E-state index in [1.165, 1.54) is 0 Å². The molecule has 0 bridgehead atoms. The van der Waals surface area contributed by atoms with Gasteiger partial charge in [-0.1, -0.05) is 17.7 Å². The van der Waals surface area contributed by atoms with Crippen molar-refractivity contribution in [2.45, 2.75) is 6.92 Å². The average molecular weight is 280 g/mol. The molecule has 0 aliphatic rings. The third kappa shape index (κ3) is 2.74. The Morgan fingerprint density at radius 3 is 2.57 bits per heavy atom. The van der Waals surface area contributed by atoms with Gasteiger partial charge in [0, 0.05) is 22.7 Å². The third-order valence-corrected chi connectivity index (χ3v) is 3.38. The van der Waals surface area contributed by atoms with Crippen LogP contribution in [0.4, 0.5) is 5.69 Å². The molecule has 21 heavy (non-hydrogen) atoms. The van der Waals surface area contributed by atoms with E-state index >= 15 is 0 Å². The number of rotatable bonds is 3. The van der Waals surface area contributed by atoms with Gasteiger partial charge in [-0.25, -0.2) is 0 Å². The Kier molecular flexibility index (Phi) is 3.36. The van der Waals surface area contributed by atoms with Crippen LogP contribution >= 0.6 is 0 Å². The van der Waals surface area contributed by atoms with Crippen LogP contribution in [-0.4, -0.2) is 18.0 Å². The standard InChI is InChI=1S/C17H16N2O2/c1-11-3-6-13(7-4-11)18-17(20)16-9-12-5-8-14(21-2)10-15(12)19-16/h3-10,19H,1-2H3,(H,18,20). The number of H-pyrrole nitrogens is 1. The Hall–Kier alpha value is -2.75. The molecule has 0 saturated carbocycles. The molecule has 1 aromatic heterocycles. The molecule has 0 spiro atoms. The maximum Gasteiger partial charge on any atom is 0.272 e. The summed E-state index contributed by atoms with van der Waals surface area (Å²) >= 11 is 0. The summed E-state index contributed by atoms with van der Waals surface area (Å²) < 4.78 is 5.18. The number of hydrogen-bond acceptors (Lipinski definition) is 2. The Bertz CT molecular complexity index is 788. The monoisotopic (exact) mass is 280 g/mol. The summed E-state index contributed by atoms with van der Waals surface area (Å²) in [4.78, 5) is 15.4. The summed E-state index contributed by atoms with van der Waals surface area (Å²) in [6.45, 7) is 2.01. The van der Waals surface area contributed by atoms with Crippen molar-refractivity contribution in [1.29, 1.82) is 0 Å². The van der Waals surface area contributed by atoms with Crippen LogP contribution in [0.15, 0.2) is 48.5 Å². The van der Waals surface area contributed by atoms with Crippen molar-refractivity contribution in [2.75, 3.05) is 12.4 Å². The van der Waals surface area contributed by atoms with Gasteiger partial charge in [0.2, 0.25) is 0 Å². The van der Waals surface area contributed by atoms with Crippen LogP contribution in [0.3, 0.4) is 0 Å². The fourth-order valence-corrected chi connectivity index (χ4v) is 2.19. The number of carbonyl (C=O) groups excluding carboxylic acids is 1. The minimum atomic E-state index is -0.158. The second kappa shape index (κ2) is 5.32. The lowest BCUT2D eigenvalue weighted by Gasteiger charge is -2.03. The second-order valence-electron chi connectivity index (χ2n) is 4.96. The van der Waals surface area contributed by atoms with E-state index in [0.29, 0.717) is 5.69 Å². The largest absolute Gasteiger partial charge is 0.497 e. The van der Waals surface area contributed by atoms with Gasteiger partial charge in [0.15, 0.2) is 0 Å². The fraction of sp³-hybridized carbons (Fsp3) is 0.118. The first-order valence-corrected chi connectivity index (χ1v) is 6.70. The molecule has 1 heterocycles. The summed E-state index contributed by atoms with van der Waals surface area (Å²) in [5.74, 6) is 0.601. The van der Waals surface area contributed by atoms with Gasteiger partial charge in [-0.2, -0.15) is 0 Å². The lowest BCUT2D eigenvalue weighted by atomic mass is 10.2. The van der Waals surface area contributed by atoms with Gasteiger partial charge in [0.25, 0.3) is 5.91 Å². The van der Waals surface area contributed by atoms with Crippen LogP contribution in [0.1, 0.15) is 16.1 Å². The molecule has 4 nitrogen and oxygen atoms in total. The molecule has 0 radical (unpaired) electrons. The van der Waals surface area contributed by atoms with Crippen molar-refractivity contribution in [3.05, 3.63) is 59.8 Å². The zero-order valence-corrected chi connectivity index (χ0v) is 11.9. The molecule has 0 saturated heterocycles. The van der Waals surface area contributed by atoms with Crippen molar-refractivity contribution in [1.82, 2.24) is 4.98 Å². The number of amides is 1. The SMILES string of the molecule is COc1ccc2cc(C(=O)Nc3ccc(C)cc3)[nH]c2c1. The molecular formula is C17H16N2O2. The number of aryl methyl sites for hydroxylation is 1. The fourth-order valence-electron chi connectivity index (χ4n) is 2.19. The number of hydrogen-bond donors (Lipinski definition) is 2. The summed E-state index contributed by atoms with van der Waals surface area (Å²) in [5.41, 5.74) is 3.34. The molecule has 3 aromatic rings. The Morgan fingerprint density at radius 1 is 1.10 bits per heavy atom. The van der Waals surface area contributed by atoms with Gasteiger partial charge in [-0.3, -0.25) is 4.79 Å². The Labute approximate surface area is 122 Å². The zero-order chi connectivity index (χ0) is 14.8. The molecule has 0 atom stereocenters. The molecule has 0 aliphatic heterocycles. The molecule has 0 aliphatic carbocycles. The van der Waals surface area contributed by atoms with Crippen LogP contribution in [0, 0.1) is 6.92 Å². The van der Waals surface area contributed by atoms with Gasteiger partial charge in [0.1, 0.15) is 11.4 Å². The number of carbonyl (C=O) groups is 1. The summed E-state index contributed by atoms with van der Waals surface area (Å²) in [6, 6.07) is 15.2.